The summed E-state index contributed by atoms with van der Waals surface area (Å²) in [6.45, 7) is 0.270. The van der Waals surface area contributed by atoms with Gasteiger partial charge in [0.05, 0.1) is 22.7 Å². The summed E-state index contributed by atoms with van der Waals surface area (Å²) in [5.74, 6) is 2.35. The Morgan fingerprint density at radius 2 is 2.33 bits per heavy atom. The van der Waals surface area contributed by atoms with E-state index in [0.29, 0.717) is 5.69 Å². The van der Waals surface area contributed by atoms with Crippen LogP contribution in [0.4, 0.5) is 11.4 Å². The smallest absolute Gasteiger partial charge is 0.270 e. The van der Waals surface area contributed by atoms with E-state index >= 15 is 0 Å². The third kappa shape index (κ3) is 2.45. The minimum absolute atomic E-state index is 0.113. The summed E-state index contributed by atoms with van der Waals surface area (Å²) in [5.41, 5.74) is 0.596. The van der Waals surface area contributed by atoms with Gasteiger partial charge < -0.3 is 5.32 Å². The Bertz CT molecular complexity index is 469. The van der Waals surface area contributed by atoms with Gasteiger partial charge >= 0.3 is 0 Å². The van der Waals surface area contributed by atoms with Crippen molar-refractivity contribution in [2.24, 2.45) is 0 Å². The zero-order valence-electron chi connectivity index (χ0n) is 7.73. The normalized spacial score (nSPS) is 8.67. The number of anilines is 1. The first-order valence-electron chi connectivity index (χ1n) is 4.05. The fraction of sp³-hybridized carbons (Fsp3) is 0.100. The first kappa shape index (κ1) is 10.6. The van der Waals surface area contributed by atoms with Crippen molar-refractivity contribution >= 4 is 11.4 Å². The van der Waals surface area contributed by atoms with Crippen molar-refractivity contribution in [3.05, 3.63) is 33.9 Å². The van der Waals surface area contributed by atoms with Crippen LogP contribution in [0.5, 0.6) is 0 Å². The number of benzene rings is 1. The molecule has 15 heavy (non-hydrogen) atoms. The SMILES string of the molecule is C#CCNc1ccc([N+](=O)[O-])cc1C#N. The Labute approximate surface area is 86.5 Å². The van der Waals surface area contributed by atoms with Gasteiger partial charge in [0.15, 0.2) is 0 Å². The molecule has 0 unspecified atom stereocenters. The van der Waals surface area contributed by atoms with Crippen molar-refractivity contribution in [1.29, 1.82) is 5.26 Å². The lowest BCUT2D eigenvalue weighted by Gasteiger charge is -2.03. The van der Waals surface area contributed by atoms with Crippen LogP contribution in [0.2, 0.25) is 0 Å². The van der Waals surface area contributed by atoms with Crippen LogP contribution in [-0.2, 0) is 0 Å². The van der Waals surface area contributed by atoms with Gasteiger partial charge in [0, 0.05) is 12.1 Å². The third-order valence-corrected chi connectivity index (χ3v) is 1.72. The van der Waals surface area contributed by atoms with E-state index < -0.39 is 4.92 Å². The molecular formula is C10H7N3O2. The summed E-state index contributed by atoms with van der Waals surface area (Å²) in [6, 6.07) is 5.86. The van der Waals surface area contributed by atoms with Crippen molar-refractivity contribution in [3.8, 4) is 18.4 Å². The molecule has 0 bridgehead atoms. The highest BCUT2D eigenvalue weighted by atomic mass is 16.6. The number of hydrogen-bond acceptors (Lipinski definition) is 4. The van der Waals surface area contributed by atoms with E-state index in [4.69, 9.17) is 11.7 Å². The number of nitro benzene ring substituents is 1. The van der Waals surface area contributed by atoms with Crippen molar-refractivity contribution in [1.82, 2.24) is 0 Å². The minimum atomic E-state index is -0.550. The molecule has 74 valence electrons. The lowest BCUT2D eigenvalue weighted by Crippen LogP contribution is -2.01. The average Bonchev–Trinajstić information content (AvgIpc) is 2.25. The van der Waals surface area contributed by atoms with Crippen LogP contribution in [-0.4, -0.2) is 11.5 Å². The van der Waals surface area contributed by atoms with Crippen LogP contribution in [0.3, 0.4) is 0 Å². The molecule has 0 aromatic heterocycles. The topological polar surface area (TPSA) is 79.0 Å². The molecule has 0 fully saturated rings. The van der Waals surface area contributed by atoms with Gasteiger partial charge in [-0.3, -0.25) is 10.1 Å². The summed E-state index contributed by atoms with van der Waals surface area (Å²) in [7, 11) is 0. The van der Waals surface area contributed by atoms with E-state index in [1.54, 1.807) is 0 Å². The largest absolute Gasteiger partial charge is 0.373 e. The van der Waals surface area contributed by atoms with Gasteiger partial charge in [-0.1, -0.05) is 5.92 Å². The molecule has 0 saturated heterocycles. The number of rotatable bonds is 3. The summed E-state index contributed by atoms with van der Waals surface area (Å²) >= 11 is 0. The maximum atomic E-state index is 10.4. The van der Waals surface area contributed by atoms with Gasteiger partial charge in [-0.2, -0.15) is 5.26 Å². The number of hydrogen-bond donors (Lipinski definition) is 1. The molecule has 1 N–H and O–H groups in total. The molecule has 1 aromatic carbocycles. The predicted molar refractivity (Wildman–Crippen MR) is 55.1 cm³/mol. The standard InChI is InChI=1S/C10H7N3O2/c1-2-5-12-10-4-3-9(13(14)15)6-8(10)7-11/h1,3-4,6,12H,5H2. The molecule has 0 aliphatic rings. The van der Waals surface area contributed by atoms with Crippen LogP contribution in [0, 0.1) is 33.8 Å². The van der Waals surface area contributed by atoms with Crippen LogP contribution >= 0.6 is 0 Å². The second-order valence-corrected chi connectivity index (χ2v) is 2.66. The third-order valence-electron chi connectivity index (χ3n) is 1.72. The van der Waals surface area contributed by atoms with E-state index in [1.807, 2.05) is 6.07 Å². The molecule has 0 amide bonds. The summed E-state index contributed by atoms with van der Waals surface area (Å²) in [5, 5.41) is 22.0. The second-order valence-electron chi connectivity index (χ2n) is 2.66. The highest BCUT2D eigenvalue weighted by Gasteiger charge is 2.09. The van der Waals surface area contributed by atoms with Crippen molar-refractivity contribution in [3.63, 3.8) is 0 Å². The molecule has 5 heteroatoms. The van der Waals surface area contributed by atoms with Crippen LogP contribution in [0.1, 0.15) is 5.56 Å². The van der Waals surface area contributed by atoms with E-state index in [1.165, 1.54) is 18.2 Å². The molecule has 5 nitrogen and oxygen atoms in total. The van der Waals surface area contributed by atoms with Crippen molar-refractivity contribution < 1.29 is 4.92 Å². The molecule has 0 saturated carbocycles. The number of nitriles is 1. The van der Waals surface area contributed by atoms with Gasteiger partial charge in [-0.25, -0.2) is 0 Å². The van der Waals surface area contributed by atoms with Gasteiger partial charge in [-0.15, -0.1) is 6.42 Å². The summed E-state index contributed by atoms with van der Waals surface area (Å²) in [4.78, 5) is 9.89. The van der Waals surface area contributed by atoms with Gasteiger partial charge in [-0.05, 0) is 6.07 Å². The number of nitrogens with one attached hydrogen (secondary N) is 1. The maximum Gasteiger partial charge on any atom is 0.270 e. The quantitative estimate of drug-likeness (QED) is 0.456. The molecular weight excluding hydrogens is 194 g/mol. The number of nitrogens with zero attached hydrogens (tertiary/aromatic N) is 2. The van der Waals surface area contributed by atoms with Crippen molar-refractivity contribution in [2.75, 3.05) is 11.9 Å². The molecule has 0 spiro atoms. The Morgan fingerprint density at radius 1 is 1.60 bits per heavy atom. The van der Waals surface area contributed by atoms with Crippen LogP contribution < -0.4 is 5.32 Å². The monoisotopic (exact) mass is 201 g/mol. The average molecular weight is 201 g/mol. The first-order chi connectivity index (χ1) is 7.19. The molecule has 0 heterocycles. The lowest BCUT2D eigenvalue weighted by molar-refractivity contribution is -0.384. The highest BCUT2D eigenvalue weighted by Crippen LogP contribution is 2.20. The second kappa shape index (κ2) is 4.64. The maximum absolute atomic E-state index is 10.4. The molecule has 1 aromatic rings. The zero-order valence-corrected chi connectivity index (χ0v) is 7.73. The van der Waals surface area contributed by atoms with Crippen LogP contribution in [0.15, 0.2) is 18.2 Å². The predicted octanol–water partition coefficient (Wildman–Crippen LogP) is 1.51. The molecule has 1 rings (SSSR count). The number of terminal acetylenes is 1. The zero-order chi connectivity index (χ0) is 11.3. The van der Waals surface area contributed by atoms with Gasteiger partial charge in [0.1, 0.15) is 6.07 Å². The Balaban J connectivity index is 3.06. The molecule has 0 atom stereocenters. The molecule has 0 aliphatic heterocycles. The van der Waals surface area contributed by atoms with Crippen molar-refractivity contribution in [2.45, 2.75) is 0 Å². The Hall–Kier alpha value is -2.53. The minimum Gasteiger partial charge on any atom is -0.373 e. The van der Waals surface area contributed by atoms with Gasteiger partial charge in [0.2, 0.25) is 0 Å². The number of non-ortho nitro benzene ring substituents is 1. The van der Waals surface area contributed by atoms with E-state index in [-0.39, 0.29) is 17.8 Å². The van der Waals surface area contributed by atoms with E-state index in [0.717, 1.165) is 0 Å². The fourth-order valence-electron chi connectivity index (χ4n) is 1.04. The van der Waals surface area contributed by atoms with Crippen LogP contribution in [0.25, 0.3) is 0 Å². The first-order valence-corrected chi connectivity index (χ1v) is 4.05. The highest BCUT2D eigenvalue weighted by molar-refractivity contribution is 5.61. The number of nitro groups is 1. The Kier molecular flexibility index (Phi) is 3.26. The fourth-order valence-corrected chi connectivity index (χ4v) is 1.04. The summed E-state index contributed by atoms with van der Waals surface area (Å²) in [6.07, 6.45) is 5.04. The lowest BCUT2D eigenvalue weighted by atomic mass is 10.1. The van der Waals surface area contributed by atoms with E-state index in [2.05, 4.69) is 11.2 Å². The van der Waals surface area contributed by atoms with Gasteiger partial charge in [0.25, 0.3) is 5.69 Å². The van der Waals surface area contributed by atoms with E-state index in [9.17, 15) is 10.1 Å². The summed E-state index contributed by atoms with van der Waals surface area (Å²) < 4.78 is 0. The Morgan fingerprint density at radius 3 is 2.87 bits per heavy atom. The molecule has 0 aliphatic carbocycles. The molecule has 0 radical (unpaired) electrons.